The molecule has 6 heteroatoms. The van der Waals surface area contributed by atoms with Crippen LogP contribution in [0.5, 0.6) is 0 Å². The number of likely N-dealkylation sites (tertiary alicyclic amines) is 1. The molecule has 1 N–H and O–H groups in total. The fourth-order valence-corrected chi connectivity index (χ4v) is 2.85. The van der Waals surface area contributed by atoms with Crippen LogP contribution in [0.15, 0.2) is 12.1 Å². The molecule has 0 bridgehead atoms. The van der Waals surface area contributed by atoms with Crippen molar-refractivity contribution in [3.63, 3.8) is 0 Å². The molecule has 2 heterocycles. The number of hydrogen-bond donors (Lipinski definition) is 1. The number of rotatable bonds is 2. The third-order valence-electron chi connectivity index (χ3n) is 3.36. The molecule has 0 aromatic carbocycles. The minimum Gasteiger partial charge on any atom is -0.394 e. The van der Waals surface area contributed by atoms with Gasteiger partial charge in [0.1, 0.15) is 10.3 Å². The van der Waals surface area contributed by atoms with E-state index in [1.165, 1.54) is 12.1 Å². The van der Waals surface area contributed by atoms with Crippen LogP contribution in [0, 0.1) is 0 Å². The quantitative estimate of drug-likeness (QED) is 0.855. The lowest BCUT2D eigenvalue weighted by Crippen LogP contribution is -2.42. The first-order valence-corrected chi connectivity index (χ1v) is 7.12. The predicted molar refractivity (Wildman–Crippen MR) is 74.6 cm³/mol. The first kappa shape index (κ1) is 14.6. The lowest BCUT2D eigenvalue weighted by atomic mass is 10.1. The van der Waals surface area contributed by atoms with E-state index in [0.717, 1.165) is 25.7 Å². The summed E-state index contributed by atoms with van der Waals surface area (Å²) in [4.78, 5) is 18.0. The molecule has 1 atom stereocenters. The summed E-state index contributed by atoms with van der Waals surface area (Å²) in [6, 6.07) is 2.89. The normalized spacial score (nSPS) is 20.2. The summed E-state index contributed by atoms with van der Waals surface area (Å²) < 4.78 is 0. The van der Waals surface area contributed by atoms with Crippen LogP contribution >= 0.6 is 23.2 Å². The van der Waals surface area contributed by atoms with Gasteiger partial charge in [0, 0.05) is 12.1 Å². The van der Waals surface area contributed by atoms with E-state index in [1.807, 2.05) is 0 Å². The molecule has 0 spiro atoms. The Morgan fingerprint density at radius 3 is 2.63 bits per heavy atom. The van der Waals surface area contributed by atoms with Gasteiger partial charge in [0.05, 0.1) is 12.6 Å². The van der Waals surface area contributed by atoms with E-state index in [1.54, 1.807) is 4.90 Å². The van der Waals surface area contributed by atoms with Gasteiger partial charge in [0.15, 0.2) is 0 Å². The van der Waals surface area contributed by atoms with Crippen LogP contribution in [0.2, 0.25) is 10.3 Å². The molecule has 2 rings (SSSR count). The van der Waals surface area contributed by atoms with Crippen molar-refractivity contribution in [2.24, 2.45) is 0 Å². The molecule has 1 unspecified atom stereocenters. The van der Waals surface area contributed by atoms with Crippen molar-refractivity contribution in [2.45, 2.75) is 31.7 Å². The van der Waals surface area contributed by atoms with Gasteiger partial charge in [-0.2, -0.15) is 0 Å². The van der Waals surface area contributed by atoms with Gasteiger partial charge in [-0.25, -0.2) is 4.98 Å². The van der Waals surface area contributed by atoms with E-state index in [9.17, 15) is 9.90 Å². The highest BCUT2D eigenvalue weighted by atomic mass is 35.5. The van der Waals surface area contributed by atoms with E-state index in [4.69, 9.17) is 23.2 Å². The molecule has 1 saturated heterocycles. The smallest absolute Gasteiger partial charge is 0.254 e. The Labute approximate surface area is 122 Å². The second-order valence-corrected chi connectivity index (χ2v) is 5.46. The van der Waals surface area contributed by atoms with Crippen molar-refractivity contribution in [3.05, 3.63) is 28.0 Å². The Kier molecular flexibility index (Phi) is 5.02. The largest absolute Gasteiger partial charge is 0.394 e. The minimum absolute atomic E-state index is 0.0156. The molecule has 0 radical (unpaired) electrons. The van der Waals surface area contributed by atoms with Crippen LogP contribution < -0.4 is 0 Å². The number of nitrogens with zero attached hydrogens (tertiary/aromatic N) is 2. The average molecular weight is 303 g/mol. The summed E-state index contributed by atoms with van der Waals surface area (Å²) in [5, 5.41) is 9.83. The standard InChI is InChI=1S/C13H16Cl2N2O2/c14-11-6-9(7-12(15)16-11)13(19)17-5-3-1-2-4-10(17)8-18/h6-7,10,18H,1-5,8H2. The molecule has 1 aromatic rings. The Morgan fingerprint density at radius 1 is 1.32 bits per heavy atom. The fraction of sp³-hybridized carbons (Fsp3) is 0.538. The molecule has 1 aromatic heterocycles. The maximum Gasteiger partial charge on any atom is 0.254 e. The zero-order valence-corrected chi connectivity index (χ0v) is 12.0. The number of amides is 1. The molecule has 1 fully saturated rings. The van der Waals surface area contributed by atoms with Crippen molar-refractivity contribution < 1.29 is 9.90 Å². The fourth-order valence-electron chi connectivity index (χ4n) is 2.39. The summed E-state index contributed by atoms with van der Waals surface area (Å²) in [5.41, 5.74) is 0.422. The van der Waals surface area contributed by atoms with Crippen molar-refractivity contribution in [2.75, 3.05) is 13.2 Å². The van der Waals surface area contributed by atoms with Crippen LogP contribution in [-0.2, 0) is 0 Å². The monoisotopic (exact) mass is 302 g/mol. The third-order valence-corrected chi connectivity index (χ3v) is 3.75. The zero-order chi connectivity index (χ0) is 13.8. The van der Waals surface area contributed by atoms with Crippen LogP contribution in [0.3, 0.4) is 0 Å². The first-order chi connectivity index (χ1) is 9.11. The van der Waals surface area contributed by atoms with Crippen molar-refractivity contribution in [3.8, 4) is 0 Å². The van der Waals surface area contributed by atoms with Crippen LogP contribution in [0.25, 0.3) is 0 Å². The predicted octanol–water partition coefficient (Wildman–Crippen LogP) is 2.77. The number of aromatic nitrogens is 1. The molecule has 1 aliphatic heterocycles. The van der Waals surface area contributed by atoms with E-state index in [-0.39, 0.29) is 28.9 Å². The Balaban J connectivity index is 2.25. The van der Waals surface area contributed by atoms with Gasteiger partial charge in [-0.15, -0.1) is 0 Å². The number of carbonyl (C=O) groups excluding carboxylic acids is 1. The SMILES string of the molecule is O=C(c1cc(Cl)nc(Cl)c1)N1CCCCCC1CO. The number of halogens is 2. The second kappa shape index (κ2) is 6.55. The Bertz CT molecular complexity index is 448. The van der Waals surface area contributed by atoms with Gasteiger partial charge in [-0.3, -0.25) is 4.79 Å². The summed E-state index contributed by atoms with van der Waals surface area (Å²) in [6.45, 7) is 0.639. The second-order valence-electron chi connectivity index (χ2n) is 4.69. The maximum atomic E-state index is 12.5. The topological polar surface area (TPSA) is 53.4 Å². The third kappa shape index (κ3) is 3.59. The lowest BCUT2D eigenvalue weighted by Gasteiger charge is -2.28. The number of aliphatic hydroxyl groups is 1. The molecule has 1 aliphatic rings. The van der Waals surface area contributed by atoms with E-state index in [2.05, 4.69) is 4.98 Å². The molecule has 1 amide bonds. The molecule has 0 aliphatic carbocycles. The first-order valence-electron chi connectivity index (χ1n) is 6.36. The lowest BCUT2D eigenvalue weighted by molar-refractivity contribution is 0.0599. The van der Waals surface area contributed by atoms with Crippen molar-refractivity contribution >= 4 is 29.1 Å². The average Bonchev–Trinajstić information content (AvgIpc) is 2.61. The minimum atomic E-state index is -0.146. The maximum absolute atomic E-state index is 12.5. The van der Waals surface area contributed by atoms with Crippen LogP contribution in [0.1, 0.15) is 36.0 Å². The summed E-state index contributed by atoms with van der Waals surface area (Å²) in [5.74, 6) is -0.146. The zero-order valence-electron chi connectivity index (χ0n) is 10.5. The molecular formula is C13H16Cl2N2O2. The summed E-state index contributed by atoms with van der Waals surface area (Å²) >= 11 is 11.6. The molecule has 0 saturated carbocycles. The van der Waals surface area contributed by atoms with Gasteiger partial charge in [0.2, 0.25) is 0 Å². The van der Waals surface area contributed by atoms with E-state index in [0.29, 0.717) is 12.1 Å². The molecule has 19 heavy (non-hydrogen) atoms. The van der Waals surface area contributed by atoms with Crippen molar-refractivity contribution in [1.82, 2.24) is 9.88 Å². The van der Waals surface area contributed by atoms with E-state index >= 15 is 0 Å². The summed E-state index contributed by atoms with van der Waals surface area (Å²) in [7, 11) is 0. The highest BCUT2D eigenvalue weighted by molar-refractivity contribution is 6.33. The molecule has 4 nitrogen and oxygen atoms in total. The Morgan fingerprint density at radius 2 is 2.00 bits per heavy atom. The highest BCUT2D eigenvalue weighted by Crippen LogP contribution is 2.21. The number of pyridine rings is 1. The van der Waals surface area contributed by atoms with Crippen LogP contribution in [-0.4, -0.2) is 40.1 Å². The van der Waals surface area contributed by atoms with Gasteiger partial charge in [0.25, 0.3) is 5.91 Å². The van der Waals surface area contributed by atoms with Gasteiger partial charge >= 0.3 is 0 Å². The van der Waals surface area contributed by atoms with E-state index < -0.39 is 0 Å². The number of carbonyl (C=O) groups is 1. The number of hydrogen-bond acceptors (Lipinski definition) is 3. The molecule has 104 valence electrons. The van der Waals surface area contributed by atoms with Gasteiger partial charge in [-0.05, 0) is 25.0 Å². The summed E-state index contributed by atoms with van der Waals surface area (Å²) in [6.07, 6.45) is 3.90. The van der Waals surface area contributed by atoms with Gasteiger partial charge < -0.3 is 10.0 Å². The van der Waals surface area contributed by atoms with Crippen LogP contribution in [0.4, 0.5) is 0 Å². The number of aliphatic hydroxyl groups excluding tert-OH is 1. The van der Waals surface area contributed by atoms with Crippen molar-refractivity contribution in [1.29, 1.82) is 0 Å². The van der Waals surface area contributed by atoms with Gasteiger partial charge in [-0.1, -0.05) is 36.0 Å². The Hall–Kier alpha value is -0.840. The highest BCUT2D eigenvalue weighted by Gasteiger charge is 2.26. The molecular weight excluding hydrogens is 287 g/mol.